The summed E-state index contributed by atoms with van der Waals surface area (Å²) in [6.45, 7) is 8.14. The number of carbonyl (C=O) groups excluding carboxylic acids is 2. The highest BCUT2D eigenvalue weighted by atomic mass is 19.1. The van der Waals surface area contributed by atoms with Crippen LogP contribution in [-0.4, -0.2) is 11.7 Å². The van der Waals surface area contributed by atoms with Gasteiger partial charge in [0.1, 0.15) is 5.82 Å². The first kappa shape index (κ1) is 22.0. The molecule has 32 heavy (non-hydrogen) atoms. The van der Waals surface area contributed by atoms with Crippen molar-refractivity contribution in [3.63, 3.8) is 0 Å². The molecule has 166 valence electrons. The molecule has 0 fully saturated rings. The number of ketones is 1. The number of aryl methyl sites for hydroxylation is 1. The van der Waals surface area contributed by atoms with Gasteiger partial charge in [0, 0.05) is 40.6 Å². The smallest absolute Gasteiger partial charge is 0.254 e. The van der Waals surface area contributed by atoms with Gasteiger partial charge in [-0.3, -0.25) is 9.59 Å². The Bertz CT molecular complexity index is 1140. The molecule has 1 atom stereocenters. The van der Waals surface area contributed by atoms with E-state index in [0.717, 1.165) is 24.1 Å². The summed E-state index contributed by atoms with van der Waals surface area (Å²) < 4.78 is 13.7. The molecule has 1 amide bonds. The third-order valence-corrected chi connectivity index (χ3v) is 6.29. The van der Waals surface area contributed by atoms with Gasteiger partial charge in [-0.25, -0.2) is 4.39 Å². The summed E-state index contributed by atoms with van der Waals surface area (Å²) in [5, 5.41) is 6.18. The van der Waals surface area contributed by atoms with Gasteiger partial charge in [-0.1, -0.05) is 51.1 Å². The Labute approximate surface area is 188 Å². The van der Waals surface area contributed by atoms with Crippen LogP contribution in [0, 0.1) is 11.2 Å². The van der Waals surface area contributed by atoms with Crippen LogP contribution in [0.5, 0.6) is 0 Å². The molecular formula is C27H29FN2O2. The number of amides is 1. The second-order valence-corrected chi connectivity index (χ2v) is 9.49. The minimum atomic E-state index is -0.464. The van der Waals surface area contributed by atoms with Crippen LogP contribution in [0.3, 0.4) is 0 Å². The molecule has 0 saturated carbocycles. The quantitative estimate of drug-likeness (QED) is 0.658. The van der Waals surface area contributed by atoms with E-state index in [4.69, 9.17) is 0 Å². The lowest BCUT2D eigenvalue weighted by Gasteiger charge is -2.39. The van der Waals surface area contributed by atoms with E-state index < -0.39 is 11.7 Å². The van der Waals surface area contributed by atoms with Crippen molar-refractivity contribution in [1.82, 2.24) is 5.32 Å². The number of carbonyl (C=O) groups is 2. The zero-order valence-electron chi connectivity index (χ0n) is 19.0. The number of hydrogen-bond donors (Lipinski definition) is 2. The molecule has 2 aliphatic rings. The molecule has 0 radical (unpaired) electrons. The Hall–Kier alpha value is -3.21. The SMILES string of the molecule is CCc1ccc(C2C(C(=O)Nc3cccc(F)c3)=C(C)NC3=C2C(=O)CC(C)(C)C3)cc1. The van der Waals surface area contributed by atoms with Crippen LogP contribution >= 0.6 is 0 Å². The van der Waals surface area contributed by atoms with Crippen LogP contribution in [0.2, 0.25) is 0 Å². The average molecular weight is 433 g/mol. The van der Waals surface area contributed by atoms with Crippen LogP contribution in [0.15, 0.2) is 71.1 Å². The zero-order chi connectivity index (χ0) is 23.0. The Kier molecular flexibility index (Phi) is 5.76. The Balaban J connectivity index is 1.80. The van der Waals surface area contributed by atoms with Crippen molar-refractivity contribution in [3.8, 4) is 0 Å². The largest absolute Gasteiger partial charge is 0.362 e. The summed E-state index contributed by atoms with van der Waals surface area (Å²) in [5.74, 6) is -1.16. The molecule has 1 aliphatic carbocycles. The van der Waals surface area contributed by atoms with Gasteiger partial charge >= 0.3 is 0 Å². The summed E-state index contributed by atoms with van der Waals surface area (Å²) >= 11 is 0. The first-order valence-electron chi connectivity index (χ1n) is 11.1. The molecule has 1 aliphatic heterocycles. The summed E-state index contributed by atoms with van der Waals surface area (Å²) in [7, 11) is 0. The number of rotatable bonds is 4. The fourth-order valence-corrected chi connectivity index (χ4v) is 4.78. The molecule has 2 aromatic rings. The molecule has 0 bridgehead atoms. The Morgan fingerprint density at radius 2 is 1.88 bits per heavy atom. The highest BCUT2D eigenvalue weighted by Gasteiger charge is 2.42. The third kappa shape index (κ3) is 4.24. The Morgan fingerprint density at radius 1 is 1.16 bits per heavy atom. The third-order valence-electron chi connectivity index (χ3n) is 6.29. The van der Waals surface area contributed by atoms with E-state index in [9.17, 15) is 14.0 Å². The van der Waals surface area contributed by atoms with Crippen LogP contribution in [-0.2, 0) is 16.0 Å². The van der Waals surface area contributed by atoms with Crippen molar-refractivity contribution in [2.75, 3.05) is 5.32 Å². The Morgan fingerprint density at radius 3 is 2.53 bits per heavy atom. The predicted octanol–water partition coefficient (Wildman–Crippen LogP) is 5.63. The van der Waals surface area contributed by atoms with E-state index in [-0.39, 0.29) is 17.1 Å². The van der Waals surface area contributed by atoms with E-state index >= 15 is 0 Å². The lowest BCUT2D eigenvalue weighted by atomic mass is 9.68. The number of allylic oxidation sites excluding steroid dienone is 3. The second kappa shape index (κ2) is 8.38. The number of halogens is 1. The van der Waals surface area contributed by atoms with Gasteiger partial charge in [0.25, 0.3) is 5.91 Å². The number of benzene rings is 2. The monoisotopic (exact) mass is 432 g/mol. The van der Waals surface area contributed by atoms with Gasteiger partial charge in [-0.05, 0) is 54.5 Å². The van der Waals surface area contributed by atoms with Crippen LogP contribution < -0.4 is 10.6 Å². The maximum atomic E-state index is 13.7. The van der Waals surface area contributed by atoms with Gasteiger partial charge in [-0.15, -0.1) is 0 Å². The zero-order valence-corrected chi connectivity index (χ0v) is 19.0. The summed E-state index contributed by atoms with van der Waals surface area (Å²) in [6.07, 6.45) is 2.10. The maximum Gasteiger partial charge on any atom is 0.254 e. The molecule has 0 saturated heterocycles. The van der Waals surface area contributed by atoms with E-state index in [0.29, 0.717) is 29.0 Å². The van der Waals surface area contributed by atoms with Gasteiger partial charge in [0.15, 0.2) is 5.78 Å². The second-order valence-electron chi connectivity index (χ2n) is 9.49. The fraction of sp³-hybridized carbons (Fsp3) is 0.333. The summed E-state index contributed by atoms with van der Waals surface area (Å²) in [6, 6.07) is 13.9. The van der Waals surface area contributed by atoms with Crippen molar-refractivity contribution in [2.45, 2.75) is 52.9 Å². The van der Waals surface area contributed by atoms with Crippen LogP contribution in [0.25, 0.3) is 0 Å². The first-order valence-corrected chi connectivity index (χ1v) is 11.1. The standard InChI is InChI=1S/C27H29FN2O2/c1-5-17-9-11-18(12-10-17)24-23(26(32)30-20-8-6-7-19(28)13-20)16(2)29-21-14-27(3,4)15-22(31)25(21)24/h6-13,24,29H,5,14-15H2,1-4H3,(H,30,32). The molecule has 1 heterocycles. The van der Waals surface area contributed by atoms with Gasteiger partial charge in [0.2, 0.25) is 0 Å². The van der Waals surface area contributed by atoms with Crippen molar-refractivity contribution in [3.05, 3.63) is 88.0 Å². The predicted molar refractivity (Wildman–Crippen MR) is 124 cm³/mol. The van der Waals surface area contributed by atoms with Gasteiger partial charge < -0.3 is 10.6 Å². The van der Waals surface area contributed by atoms with E-state index in [1.54, 1.807) is 12.1 Å². The number of Topliss-reactive ketones (excluding diaryl/α,β-unsaturated/α-hetero) is 1. The van der Waals surface area contributed by atoms with Gasteiger partial charge in [-0.2, -0.15) is 0 Å². The molecule has 0 aromatic heterocycles. The molecule has 1 unspecified atom stereocenters. The van der Waals surface area contributed by atoms with E-state index in [1.807, 2.05) is 31.2 Å². The summed E-state index contributed by atoms with van der Waals surface area (Å²) in [4.78, 5) is 26.8. The molecule has 2 N–H and O–H groups in total. The maximum absolute atomic E-state index is 13.7. The minimum Gasteiger partial charge on any atom is -0.362 e. The van der Waals surface area contributed by atoms with Crippen molar-refractivity contribution < 1.29 is 14.0 Å². The van der Waals surface area contributed by atoms with Gasteiger partial charge in [0.05, 0.1) is 0 Å². The molecule has 4 nitrogen and oxygen atoms in total. The minimum absolute atomic E-state index is 0.0665. The topological polar surface area (TPSA) is 58.2 Å². The molecule has 4 rings (SSSR count). The normalized spacial score (nSPS) is 20.0. The molecule has 0 spiro atoms. The van der Waals surface area contributed by atoms with E-state index in [1.165, 1.54) is 17.7 Å². The highest BCUT2D eigenvalue weighted by molar-refractivity contribution is 6.09. The highest BCUT2D eigenvalue weighted by Crippen LogP contribution is 2.46. The molecule has 2 aromatic carbocycles. The average Bonchev–Trinajstić information content (AvgIpc) is 2.71. The van der Waals surface area contributed by atoms with Crippen molar-refractivity contribution >= 4 is 17.4 Å². The molecular weight excluding hydrogens is 403 g/mol. The number of anilines is 1. The van der Waals surface area contributed by atoms with Crippen molar-refractivity contribution in [1.29, 1.82) is 0 Å². The lowest BCUT2D eigenvalue weighted by molar-refractivity contribution is -0.118. The van der Waals surface area contributed by atoms with Crippen molar-refractivity contribution in [2.24, 2.45) is 5.41 Å². The fourth-order valence-electron chi connectivity index (χ4n) is 4.78. The number of hydrogen-bond acceptors (Lipinski definition) is 3. The lowest BCUT2D eigenvalue weighted by Crippen LogP contribution is -2.39. The first-order chi connectivity index (χ1) is 15.2. The molecule has 5 heteroatoms. The van der Waals surface area contributed by atoms with Crippen LogP contribution in [0.4, 0.5) is 10.1 Å². The number of dihydropyridines is 1. The number of nitrogens with one attached hydrogen (secondary N) is 2. The summed E-state index contributed by atoms with van der Waals surface area (Å²) in [5.41, 5.74) is 5.12. The van der Waals surface area contributed by atoms with Crippen LogP contribution in [0.1, 0.15) is 57.6 Å². The van der Waals surface area contributed by atoms with E-state index in [2.05, 4.69) is 31.4 Å².